The van der Waals surface area contributed by atoms with E-state index in [-0.39, 0.29) is 0 Å². The maximum absolute atomic E-state index is 4.77. The molecule has 0 aliphatic heterocycles. The number of guanidine groups is 1. The van der Waals surface area contributed by atoms with Gasteiger partial charge in [0.05, 0.1) is 30.3 Å². The van der Waals surface area contributed by atoms with Gasteiger partial charge in [-0.2, -0.15) is 5.10 Å². The van der Waals surface area contributed by atoms with Crippen LogP contribution in [0.15, 0.2) is 47.7 Å². The minimum atomic E-state index is 0.619. The summed E-state index contributed by atoms with van der Waals surface area (Å²) in [5, 5.41) is 12.1. The smallest absolute Gasteiger partial charge is 0.191 e. The molecule has 0 bridgehead atoms. The molecule has 0 amide bonds. The molecule has 27 heavy (non-hydrogen) atoms. The molecule has 0 aliphatic rings. The van der Waals surface area contributed by atoms with Gasteiger partial charge >= 0.3 is 0 Å². The maximum atomic E-state index is 4.77. The van der Waals surface area contributed by atoms with Crippen LogP contribution in [0.1, 0.15) is 33.6 Å². The molecule has 7 heteroatoms. The number of nitrogens with one attached hydrogen (secondary N) is 2. The van der Waals surface area contributed by atoms with Crippen LogP contribution in [0.3, 0.4) is 0 Å². The Morgan fingerprint density at radius 2 is 1.96 bits per heavy atom. The van der Waals surface area contributed by atoms with E-state index >= 15 is 0 Å². The van der Waals surface area contributed by atoms with E-state index in [1.54, 1.807) is 17.5 Å². The summed E-state index contributed by atoms with van der Waals surface area (Å²) in [5.41, 5.74) is 3.52. The number of aromatic nitrogens is 3. The lowest BCUT2D eigenvalue weighted by atomic mass is 10.1. The Kier molecular flexibility index (Phi) is 6.59. The first kappa shape index (κ1) is 19.1. The average Bonchev–Trinajstić information content (AvgIpc) is 3.27. The quantitative estimate of drug-likeness (QED) is 0.486. The second kappa shape index (κ2) is 9.32. The van der Waals surface area contributed by atoms with Crippen LogP contribution in [0.25, 0.3) is 0 Å². The van der Waals surface area contributed by atoms with Crippen molar-refractivity contribution in [3.8, 4) is 0 Å². The van der Waals surface area contributed by atoms with Crippen molar-refractivity contribution in [3.63, 3.8) is 0 Å². The first-order valence-electron chi connectivity index (χ1n) is 9.15. The van der Waals surface area contributed by atoms with Crippen LogP contribution in [0.2, 0.25) is 0 Å². The zero-order chi connectivity index (χ0) is 19.1. The SMILES string of the molecule is CCNC(=NCc1ccccc1Cn1cccn1)NCc1sc(C)nc1C. The largest absolute Gasteiger partial charge is 0.357 e. The second-order valence-corrected chi connectivity index (χ2v) is 7.55. The highest BCUT2D eigenvalue weighted by molar-refractivity contribution is 7.11. The summed E-state index contributed by atoms with van der Waals surface area (Å²) in [4.78, 5) is 10.5. The van der Waals surface area contributed by atoms with Crippen LogP contribution in [-0.4, -0.2) is 27.3 Å². The van der Waals surface area contributed by atoms with Gasteiger partial charge in [0, 0.05) is 23.8 Å². The number of benzene rings is 1. The number of hydrogen-bond donors (Lipinski definition) is 2. The van der Waals surface area contributed by atoms with Gasteiger partial charge in [-0.05, 0) is 38.0 Å². The molecule has 0 spiro atoms. The lowest BCUT2D eigenvalue weighted by Crippen LogP contribution is -2.36. The molecule has 2 heterocycles. The van der Waals surface area contributed by atoms with E-state index < -0.39 is 0 Å². The molecule has 0 fully saturated rings. The minimum Gasteiger partial charge on any atom is -0.357 e. The van der Waals surface area contributed by atoms with Gasteiger partial charge in [0.25, 0.3) is 0 Å². The molecule has 1 aromatic carbocycles. The van der Waals surface area contributed by atoms with Gasteiger partial charge in [-0.3, -0.25) is 4.68 Å². The molecule has 0 atom stereocenters. The summed E-state index contributed by atoms with van der Waals surface area (Å²) >= 11 is 1.73. The Bertz CT molecular complexity index is 882. The van der Waals surface area contributed by atoms with Crippen molar-refractivity contribution in [2.24, 2.45) is 4.99 Å². The molecule has 0 saturated heterocycles. The summed E-state index contributed by atoms with van der Waals surface area (Å²) in [5.74, 6) is 0.817. The zero-order valence-electron chi connectivity index (χ0n) is 16.1. The minimum absolute atomic E-state index is 0.619. The molecule has 0 radical (unpaired) electrons. The van der Waals surface area contributed by atoms with Gasteiger partial charge in [0.1, 0.15) is 0 Å². The fourth-order valence-electron chi connectivity index (χ4n) is 2.84. The number of aryl methyl sites for hydroxylation is 2. The fourth-order valence-corrected chi connectivity index (χ4v) is 3.72. The van der Waals surface area contributed by atoms with Gasteiger partial charge in [-0.1, -0.05) is 24.3 Å². The average molecular weight is 383 g/mol. The Morgan fingerprint density at radius 3 is 2.63 bits per heavy atom. The van der Waals surface area contributed by atoms with Crippen molar-refractivity contribution >= 4 is 17.3 Å². The Labute approximate surface area is 164 Å². The van der Waals surface area contributed by atoms with Crippen LogP contribution < -0.4 is 10.6 Å². The number of rotatable bonds is 7. The number of hydrogen-bond acceptors (Lipinski definition) is 4. The maximum Gasteiger partial charge on any atom is 0.191 e. The molecular weight excluding hydrogens is 356 g/mol. The normalized spacial score (nSPS) is 11.6. The molecule has 0 unspecified atom stereocenters. The van der Waals surface area contributed by atoms with Gasteiger partial charge < -0.3 is 10.6 Å². The van der Waals surface area contributed by atoms with Crippen molar-refractivity contribution in [2.45, 2.75) is 40.4 Å². The standard InChI is InChI=1S/C20H26N6S/c1-4-21-20(23-13-19-15(2)25-16(3)27-19)22-12-17-8-5-6-9-18(17)14-26-11-7-10-24-26/h5-11H,4,12-14H2,1-3H3,(H2,21,22,23). The van der Waals surface area contributed by atoms with E-state index in [0.717, 1.165) is 36.3 Å². The zero-order valence-corrected chi connectivity index (χ0v) is 16.9. The lowest BCUT2D eigenvalue weighted by Gasteiger charge is -2.12. The van der Waals surface area contributed by atoms with Crippen molar-refractivity contribution in [3.05, 3.63) is 69.4 Å². The molecule has 3 aromatic rings. The van der Waals surface area contributed by atoms with E-state index in [2.05, 4.69) is 58.8 Å². The first-order valence-corrected chi connectivity index (χ1v) is 9.96. The highest BCUT2D eigenvalue weighted by Crippen LogP contribution is 2.16. The molecule has 0 aliphatic carbocycles. The summed E-state index contributed by atoms with van der Waals surface area (Å²) in [7, 11) is 0. The van der Waals surface area contributed by atoms with Crippen LogP contribution in [0.5, 0.6) is 0 Å². The van der Waals surface area contributed by atoms with Crippen LogP contribution >= 0.6 is 11.3 Å². The predicted molar refractivity (Wildman–Crippen MR) is 111 cm³/mol. The number of nitrogens with zero attached hydrogens (tertiary/aromatic N) is 4. The lowest BCUT2D eigenvalue weighted by molar-refractivity contribution is 0.680. The summed E-state index contributed by atoms with van der Waals surface area (Å²) in [6.07, 6.45) is 3.78. The predicted octanol–water partition coefficient (Wildman–Crippen LogP) is 3.26. The third-order valence-corrected chi connectivity index (χ3v) is 5.25. The molecule has 3 rings (SSSR count). The third kappa shape index (κ3) is 5.40. The molecule has 2 N–H and O–H groups in total. The Morgan fingerprint density at radius 1 is 1.15 bits per heavy atom. The van der Waals surface area contributed by atoms with Crippen LogP contribution in [0, 0.1) is 13.8 Å². The van der Waals surface area contributed by atoms with Gasteiger partial charge in [-0.15, -0.1) is 11.3 Å². The summed E-state index contributed by atoms with van der Waals surface area (Å²) in [6, 6.07) is 10.3. The molecule has 0 saturated carbocycles. The Hall–Kier alpha value is -2.67. The highest BCUT2D eigenvalue weighted by atomic mass is 32.1. The van der Waals surface area contributed by atoms with E-state index in [9.17, 15) is 0 Å². The van der Waals surface area contributed by atoms with Gasteiger partial charge in [-0.25, -0.2) is 9.98 Å². The summed E-state index contributed by atoms with van der Waals surface area (Å²) < 4.78 is 1.93. The second-order valence-electron chi connectivity index (χ2n) is 6.26. The van der Waals surface area contributed by atoms with Crippen LogP contribution in [-0.2, 0) is 19.6 Å². The molecule has 142 valence electrons. The highest BCUT2D eigenvalue weighted by Gasteiger charge is 2.07. The monoisotopic (exact) mass is 382 g/mol. The summed E-state index contributed by atoms with van der Waals surface area (Å²) in [6.45, 7) is 9.09. The molecular formula is C20H26N6S. The van der Waals surface area contributed by atoms with E-state index in [1.165, 1.54) is 16.0 Å². The number of aliphatic imine (C=N–C) groups is 1. The number of thiazole rings is 1. The Balaban J connectivity index is 1.68. The van der Waals surface area contributed by atoms with E-state index in [4.69, 9.17) is 4.99 Å². The van der Waals surface area contributed by atoms with Crippen molar-refractivity contribution < 1.29 is 0 Å². The van der Waals surface area contributed by atoms with E-state index in [0.29, 0.717) is 6.54 Å². The van der Waals surface area contributed by atoms with Crippen molar-refractivity contribution in [1.82, 2.24) is 25.4 Å². The van der Waals surface area contributed by atoms with Crippen molar-refractivity contribution in [1.29, 1.82) is 0 Å². The topological polar surface area (TPSA) is 67.1 Å². The van der Waals surface area contributed by atoms with Gasteiger partial charge in [0.15, 0.2) is 5.96 Å². The third-order valence-electron chi connectivity index (χ3n) is 4.18. The fraction of sp³-hybridized carbons (Fsp3) is 0.350. The molecule has 2 aromatic heterocycles. The van der Waals surface area contributed by atoms with Gasteiger partial charge in [0.2, 0.25) is 0 Å². The molecule has 6 nitrogen and oxygen atoms in total. The first-order chi connectivity index (χ1) is 13.2. The van der Waals surface area contributed by atoms with Crippen LogP contribution in [0.4, 0.5) is 0 Å². The van der Waals surface area contributed by atoms with E-state index in [1.807, 2.05) is 23.9 Å². The van der Waals surface area contributed by atoms with Crippen molar-refractivity contribution in [2.75, 3.05) is 6.54 Å².